The lowest BCUT2D eigenvalue weighted by Gasteiger charge is -2.24. The minimum atomic E-state index is -4.12. The highest BCUT2D eigenvalue weighted by molar-refractivity contribution is 7.92. The Morgan fingerprint density at radius 3 is 2.00 bits per heavy atom. The molecule has 0 radical (unpaired) electrons. The summed E-state index contributed by atoms with van der Waals surface area (Å²) in [6.45, 7) is 0.983. The molecule has 0 bridgehead atoms. The average Bonchev–Trinajstić information content (AvgIpc) is 2.61. The highest BCUT2D eigenvalue weighted by Crippen LogP contribution is 2.25. The van der Waals surface area contributed by atoms with E-state index in [-0.39, 0.29) is 28.6 Å². The maximum atomic E-state index is 13.0. The molecule has 10 heteroatoms. The van der Waals surface area contributed by atoms with E-state index in [0.717, 1.165) is 4.31 Å². The topological polar surface area (TPSA) is 141 Å². The number of carbonyl (C=O) groups excluding carboxylic acids is 1. The third-order valence-corrected chi connectivity index (χ3v) is 5.54. The molecule has 2 aromatic rings. The molecule has 0 unspecified atom stereocenters. The van der Waals surface area contributed by atoms with Gasteiger partial charge in [0.2, 0.25) is 5.91 Å². The van der Waals surface area contributed by atoms with Crippen molar-refractivity contribution in [2.45, 2.75) is 18.2 Å². The smallest absolute Gasteiger partial charge is 0.335 e. The molecular formula is C18H18N2O7S. The number of aromatic carboxylic acids is 1. The largest absolute Gasteiger partial charge is 0.481 e. The van der Waals surface area contributed by atoms with Crippen LogP contribution < -0.4 is 9.62 Å². The van der Waals surface area contributed by atoms with E-state index in [1.165, 1.54) is 55.5 Å². The van der Waals surface area contributed by atoms with Crippen LogP contribution in [-0.4, -0.2) is 43.0 Å². The van der Waals surface area contributed by atoms with Crippen molar-refractivity contribution in [3.05, 3.63) is 54.1 Å². The zero-order chi connectivity index (χ0) is 20.9. The number of anilines is 2. The minimum Gasteiger partial charge on any atom is -0.481 e. The van der Waals surface area contributed by atoms with Gasteiger partial charge in [-0.3, -0.25) is 13.9 Å². The lowest BCUT2D eigenvalue weighted by molar-refractivity contribution is -0.136. The van der Waals surface area contributed by atoms with Crippen LogP contribution in [0.5, 0.6) is 0 Å². The fraction of sp³-hybridized carbons (Fsp3) is 0.167. The molecule has 0 saturated heterocycles. The van der Waals surface area contributed by atoms with E-state index >= 15 is 0 Å². The molecule has 0 aliphatic carbocycles. The molecule has 1 amide bonds. The Morgan fingerprint density at radius 1 is 0.964 bits per heavy atom. The first-order chi connectivity index (χ1) is 13.1. The monoisotopic (exact) mass is 406 g/mol. The number of carboxylic acid groups (broad SMARTS) is 2. The zero-order valence-electron chi connectivity index (χ0n) is 14.8. The Hall–Kier alpha value is -3.40. The van der Waals surface area contributed by atoms with E-state index in [2.05, 4.69) is 5.32 Å². The number of benzene rings is 2. The van der Waals surface area contributed by atoms with Gasteiger partial charge in [-0.05, 0) is 48.5 Å². The molecule has 2 aromatic carbocycles. The Morgan fingerprint density at radius 2 is 1.54 bits per heavy atom. The van der Waals surface area contributed by atoms with Crippen molar-refractivity contribution in [2.24, 2.45) is 0 Å². The highest BCUT2D eigenvalue weighted by Gasteiger charge is 2.25. The number of amides is 1. The van der Waals surface area contributed by atoms with E-state index < -0.39 is 28.4 Å². The van der Waals surface area contributed by atoms with Gasteiger partial charge in [-0.1, -0.05) is 0 Å². The van der Waals surface area contributed by atoms with Crippen molar-refractivity contribution in [2.75, 3.05) is 16.2 Å². The van der Waals surface area contributed by atoms with Crippen LogP contribution in [0.15, 0.2) is 53.4 Å². The van der Waals surface area contributed by atoms with Gasteiger partial charge >= 0.3 is 11.9 Å². The molecule has 0 spiro atoms. The maximum absolute atomic E-state index is 13.0. The molecule has 28 heavy (non-hydrogen) atoms. The molecule has 148 valence electrons. The normalized spacial score (nSPS) is 10.9. The second kappa shape index (κ2) is 8.53. The van der Waals surface area contributed by atoms with Crippen molar-refractivity contribution >= 4 is 39.2 Å². The Labute approximate surface area is 161 Å². The predicted molar refractivity (Wildman–Crippen MR) is 101 cm³/mol. The van der Waals surface area contributed by atoms with E-state index in [4.69, 9.17) is 10.2 Å². The Bertz CT molecular complexity index is 984. The maximum Gasteiger partial charge on any atom is 0.335 e. The summed E-state index contributed by atoms with van der Waals surface area (Å²) < 4.78 is 27.0. The van der Waals surface area contributed by atoms with Gasteiger partial charge < -0.3 is 15.5 Å². The molecule has 0 atom stereocenters. The number of hydrogen-bond acceptors (Lipinski definition) is 5. The van der Waals surface area contributed by atoms with Crippen LogP contribution >= 0.6 is 0 Å². The summed E-state index contributed by atoms with van der Waals surface area (Å²) in [7, 11) is -4.12. The third-order valence-electron chi connectivity index (χ3n) is 3.69. The molecule has 9 nitrogen and oxygen atoms in total. The zero-order valence-corrected chi connectivity index (χ0v) is 15.6. The molecule has 3 N–H and O–H groups in total. The molecule has 2 rings (SSSR count). The summed E-state index contributed by atoms with van der Waals surface area (Å²) >= 11 is 0. The number of hydrogen-bond donors (Lipinski definition) is 3. The Kier molecular flexibility index (Phi) is 6.37. The van der Waals surface area contributed by atoms with E-state index in [0.29, 0.717) is 5.69 Å². The van der Waals surface area contributed by atoms with Crippen molar-refractivity contribution < 1.29 is 33.0 Å². The van der Waals surface area contributed by atoms with Gasteiger partial charge in [0.1, 0.15) is 0 Å². The lowest BCUT2D eigenvalue weighted by atomic mass is 10.2. The van der Waals surface area contributed by atoms with E-state index in [9.17, 15) is 22.8 Å². The number of aliphatic carboxylic acids is 1. The molecule has 0 aliphatic heterocycles. The third kappa shape index (κ3) is 5.07. The van der Waals surface area contributed by atoms with Crippen LogP contribution in [0.1, 0.15) is 23.7 Å². The fourth-order valence-electron chi connectivity index (χ4n) is 2.40. The summed E-state index contributed by atoms with van der Waals surface area (Å²) in [4.78, 5) is 32.9. The molecule has 0 aliphatic rings. The van der Waals surface area contributed by atoms with Crippen molar-refractivity contribution in [1.82, 2.24) is 0 Å². The van der Waals surface area contributed by atoms with E-state index in [1.54, 1.807) is 0 Å². The van der Waals surface area contributed by atoms with Gasteiger partial charge in [-0.15, -0.1) is 0 Å². The average molecular weight is 406 g/mol. The van der Waals surface area contributed by atoms with Crippen LogP contribution in [0.3, 0.4) is 0 Å². The number of carboxylic acids is 2. The summed E-state index contributed by atoms with van der Waals surface area (Å²) in [5.74, 6) is -2.65. The second-order valence-electron chi connectivity index (χ2n) is 5.78. The van der Waals surface area contributed by atoms with Crippen LogP contribution in [-0.2, 0) is 19.6 Å². The predicted octanol–water partition coefficient (Wildman–Crippen LogP) is 2.01. The molecule has 0 saturated carbocycles. The summed E-state index contributed by atoms with van der Waals surface area (Å²) in [6, 6.07) is 10.5. The van der Waals surface area contributed by atoms with Crippen LogP contribution in [0, 0.1) is 0 Å². The highest BCUT2D eigenvalue weighted by atomic mass is 32.2. The summed E-state index contributed by atoms with van der Waals surface area (Å²) in [6.07, 6.45) is -0.441. The number of carbonyl (C=O) groups is 3. The lowest BCUT2D eigenvalue weighted by Crippen LogP contribution is -2.33. The molecule has 0 fully saturated rings. The SMILES string of the molecule is CC(=O)Nc1ccc(S(=O)(=O)N(CCC(=O)O)c2ccc(C(=O)O)cc2)cc1. The van der Waals surface area contributed by atoms with Gasteiger partial charge in [0, 0.05) is 19.2 Å². The van der Waals surface area contributed by atoms with Crippen molar-refractivity contribution in [3.8, 4) is 0 Å². The molecular weight excluding hydrogens is 388 g/mol. The number of nitrogens with one attached hydrogen (secondary N) is 1. The molecule has 0 heterocycles. The first-order valence-corrected chi connectivity index (χ1v) is 9.51. The summed E-state index contributed by atoms with van der Waals surface area (Å²) in [5, 5.41) is 20.4. The van der Waals surface area contributed by atoms with Gasteiger partial charge in [0.25, 0.3) is 10.0 Å². The second-order valence-corrected chi connectivity index (χ2v) is 7.64. The first-order valence-electron chi connectivity index (χ1n) is 8.07. The van der Waals surface area contributed by atoms with Gasteiger partial charge in [0.15, 0.2) is 0 Å². The van der Waals surface area contributed by atoms with Gasteiger partial charge in [0.05, 0.1) is 22.6 Å². The number of sulfonamides is 1. The van der Waals surface area contributed by atoms with Crippen molar-refractivity contribution in [1.29, 1.82) is 0 Å². The van der Waals surface area contributed by atoms with Crippen LogP contribution in [0.4, 0.5) is 11.4 Å². The van der Waals surface area contributed by atoms with Gasteiger partial charge in [-0.2, -0.15) is 0 Å². The van der Waals surface area contributed by atoms with E-state index in [1.807, 2.05) is 0 Å². The van der Waals surface area contributed by atoms with Crippen LogP contribution in [0.2, 0.25) is 0 Å². The van der Waals surface area contributed by atoms with Crippen LogP contribution in [0.25, 0.3) is 0 Å². The number of rotatable bonds is 8. The first kappa shape index (κ1) is 20.9. The van der Waals surface area contributed by atoms with Crippen molar-refractivity contribution in [3.63, 3.8) is 0 Å². The summed E-state index contributed by atoms with van der Waals surface area (Å²) in [5.41, 5.74) is 0.519. The molecule has 0 aromatic heterocycles. The van der Waals surface area contributed by atoms with Gasteiger partial charge in [-0.25, -0.2) is 13.2 Å². The number of nitrogens with zero attached hydrogens (tertiary/aromatic N) is 1. The fourth-order valence-corrected chi connectivity index (χ4v) is 3.86. The standard InChI is InChI=1S/C18H18N2O7S/c1-12(21)19-14-4-8-16(9-5-14)28(26,27)20(11-10-17(22)23)15-6-2-13(3-7-15)18(24)25/h2-9H,10-11H2,1H3,(H,19,21)(H,22,23)(H,24,25). The quantitative estimate of drug-likeness (QED) is 0.609. The Balaban J connectivity index is 2.41. The minimum absolute atomic E-state index is 0.0287.